The topological polar surface area (TPSA) is 59.9 Å². The van der Waals surface area contributed by atoms with Gasteiger partial charge in [-0.1, -0.05) is 24.3 Å². The van der Waals surface area contributed by atoms with Gasteiger partial charge in [-0.3, -0.25) is 4.79 Å². The molecule has 2 aromatic carbocycles. The summed E-state index contributed by atoms with van der Waals surface area (Å²) >= 11 is 0. The lowest BCUT2D eigenvalue weighted by Crippen LogP contribution is -2.24. The summed E-state index contributed by atoms with van der Waals surface area (Å²) < 4.78 is 47.7. The number of amides is 1. The van der Waals surface area contributed by atoms with Gasteiger partial charge in [-0.25, -0.2) is 5.43 Å². The van der Waals surface area contributed by atoms with Crippen molar-refractivity contribution in [2.24, 2.45) is 5.10 Å². The standard InChI is InChI=1S/C17H15F3N2O3/c1-24-14-4-2-3-5-15(14)25-11-16(23)22-21-10-12-6-8-13(9-7-12)17(18,19)20/h2-10H,11H2,1H3,(H,22,23)/b21-10-. The van der Waals surface area contributed by atoms with E-state index in [-0.39, 0.29) is 6.61 Å². The van der Waals surface area contributed by atoms with Gasteiger partial charge in [0.1, 0.15) is 0 Å². The molecule has 1 N–H and O–H groups in total. The molecule has 0 aliphatic heterocycles. The van der Waals surface area contributed by atoms with E-state index in [0.29, 0.717) is 17.1 Å². The van der Waals surface area contributed by atoms with Crippen molar-refractivity contribution in [3.63, 3.8) is 0 Å². The zero-order valence-electron chi connectivity index (χ0n) is 13.2. The lowest BCUT2D eigenvalue weighted by atomic mass is 10.1. The summed E-state index contributed by atoms with van der Waals surface area (Å²) in [6.45, 7) is -0.287. The molecule has 0 bridgehead atoms. The number of nitrogens with one attached hydrogen (secondary N) is 1. The van der Waals surface area contributed by atoms with E-state index in [2.05, 4.69) is 10.5 Å². The van der Waals surface area contributed by atoms with Gasteiger partial charge in [0.05, 0.1) is 18.9 Å². The van der Waals surface area contributed by atoms with Crippen LogP contribution in [0.1, 0.15) is 11.1 Å². The number of para-hydroxylation sites is 2. The molecule has 0 heterocycles. The molecule has 0 unspecified atom stereocenters. The summed E-state index contributed by atoms with van der Waals surface area (Å²) in [6.07, 6.45) is -3.15. The summed E-state index contributed by atoms with van der Waals surface area (Å²) in [5, 5.41) is 3.67. The van der Waals surface area contributed by atoms with Crippen LogP contribution in [0.4, 0.5) is 13.2 Å². The van der Waals surface area contributed by atoms with Crippen LogP contribution in [-0.2, 0) is 11.0 Å². The number of hydrogen-bond donors (Lipinski definition) is 1. The van der Waals surface area contributed by atoms with Crippen molar-refractivity contribution in [2.45, 2.75) is 6.18 Å². The fraction of sp³-hybridized carbons (Fsp3) is 0.176. The summed E-state index contributed by atoms with van der Waals surface area (Å²) in [6, 6.07) is 11.2. The Balaban J connectivity index is 1.84. The SMILES string of the molecule is COc1ccccc1OCC(=O)N/N=C\c1ccc(C(F)(F)F)cc1. The van der Waals surface area contributed by atoms with Crippen molar-refractivity contribution in [3.8, 4) is 11.5 Å². The van der Waals surface area contributed by atoms with Gasteiger partial charge in [-0.05, 0) is 29.8 Å². The quantitative estimate of drug-likeness (QED) is 0.641. The molecular weight excluding hydrogens is 337 g/mol. The van der Waals surface area contributed by atoms with Crippen molar-refractivity contribution in [2.75, 3.05) is 13.7 Å². The van der Waals surface area contributed by atoms with E-state index in [9.17, 15) is 18.0 Å². The molecule has 0 spiro atoms. The highest BCUT2D eigenvalue weighted by molar-refractivity contribution is 5.83. The van der Waals surface area contributed by atoms with Crippen LogP contribution in [0.15, 0.2) is 53.6 Å². The van der Waals surface area contributed by atoms with Crippen LogP contribution in [0.3, 0.4) is 0 Å². The molecule has 0 saturated heterocycles. The molecule has 0 aliphatic carbocycles. The second kappa shape index (κ2) is 8.18. The number of carbonyl (C=O) groups excluding carboxylic acids is 1. The third-order valence-electron chi connectivity index (χ3n) is 3.07. The number of methoxy groups -OCH3 is 1. The Morgan fingerprint density at radius 3 is 2.36 bits per heavy atom. The van der Waals surface area contributed by atoms with Crippen LogP contribution in [-0.4, -0.2) is 25.8 Å². The summed E-state index contributed by atoms with van der Waals surface area (Å²) in [5.41, 5.74) is 1.89. The molecule has 132 valence electrons. The Morgan fingerprint density at radius 1 is 1.12 bits per heavy atom. The zero-order valence-corrected chi connectivity index (χ0v) is 13.2. The van der Waals surface area contributed by atoms with E-state index in [1.54, 1.807) is 24.3 Å². The molecule has 0 atom stereocenters. The predicted octanol–water partition coefficient (Wildman–Crippen LogP) is 3.24. The maximum Gasteiger partial charge on any atom is 0.416 e. The van der Waals surface area contributed by atoms with Gasteiger partial charge in [0.2, 0.25) is 0 Å². The van der Waals surface area contributed by atoms with Gasteiger partial charge in [-0.15, -0.1) is 0 Å². The largest absolute Gasteiger partial charge is 0.493 e. The number of benzene rings is 2. The molecule has 0 saturated carbocycles. The number of hydrogen-bond acceptors (Lipinski definition) is 4. The van der Waals surface area contributed by atoms with Crippen LogP contribution < -0.4 is 14.9 Å². The molecule has 0 radical (unpaired) electrons. The fourth-order valence-corrected chi connectivity index (χ4v) is 1.85. The smallest absolute Gasteiger partial charge is 0.416 e. The Morgan fingerprint density at radius 2 is 1.76 bits per heavy atom. The lowest BCUT2D eigenvalue weighted by molar-refractivity contribution is -0.137. The fourth-order valence-electron chi connectivity index (χ4n) is 1.85. The van der Waals surface area contributed by atoms with Gasteiger partial charge in [0.25, 0.3) is 5.91 Å². The molecule has 0 fully saturated rings. The first-order chi connectivity index (χ1) is 11.9. The zero-order chi connectivity index (χ0) is 18.3. The lowest BCUT2D eigenvalue weighted by Gasteiger charge is -2.09. The maximum absolute atomic E-state index is 12.4. The van der Waals surface area contributed by atoms with Crippen molar-refractivity contribution in [1.82, 2.24) is 5.43 Å². The number of ether oxygens (including phenoxy) is 2. The van der Waals surface area contributed by atoms with Crippen LogP contribution in [0.25, 0.3) is 0 Å². The Bertz CT molecular complexity index is 744. The number of carbonyl (C=O) groups is 1. The molecule has 1 amide bonds. The second-order valence-corrected chi connectivity index (χ2v) is 4.85. The van der Waals surface area contributed by atoms with E-state index in [4.69, 9.17) is 9.47 Å². The first kappa shape index (κ1) is 18.3. The number of rotatable bonds is 6. The maximum atomic E-state index is 12.4. The van der Waals surface area contributed by atoms with E-state index in [1.807, 2.05) is 0 Å². The Kier molecular flexibility index (Phi) is 5.99. The van der Waals surface area contributed by atoms with Crippen LogP contribution in [0.5, 0.6) is 11.5 Å². The van der Waals surface area contributed by atoms with Crippen LogP contribution in [0, 0.1) is 0 Å². The molecule has 2 aromatic rings. The minimum atomic E-state index is -4.39. The first-order valence-corrected chi connectivity index (χ1v) is 7.15. The molecule has 25 heavy (non-hydrogen) atoms. The highest BCUT2D eigenvalue weighted by atomic mass is 19.4. The average molecular weight is 352 g/mol. The van der Waals surface area contributed by atoms with Gasteiger partial charge in [-0.2, -0.15) is 18.3 Å². The third kappa shape index (κ3) is 5.52. The molecule has 5 nitrogen and oxygen atoms in total. The van der Waals surface area contributed by atoms with E-state index >= 15 is 0 Å². The molecule has 0 aliphatic rings. The third-order valence-corrected chi connectivity index (χ3v) is 3.07. The van der Waals surface area contributed by atoms with Crippen molar-refractivity contribution >= 4 is 12.1 Å². The van der Waals surface area contributed by atoms with E-state index in [1.165, 1.54) is 25.5 Å². The molecule has 2 rings (SSSR count). The highest BCUT2D eigenvalue weighted by Crippen LogP contribution is 2.29. The van der Waals surface area contributed by atoms with Gasteiger partial charge >= 0.3 is 6.18 Å². The number of halogens is 3. The van der Waals surface area contributed by atoms with Crippen LogP contribution >= 0.6 is 0 Å². The summed E-state index contributed by atoms with van der Waals surface area (Å²) in [7, 11) is 1.48. The Hall–Kier alpha value is -3.03. The number of hydrazone groups is 1. The normalized spacial score (nSPS) is 11.4. The molecule has 0 aromatic heterocycles. The van der Waals surface area contributed by atoms with Crippen LogP contribution in [0.2, 0.25) is 0 Å². The molecular formula is C17H15F3N2O3. The predicted molar refractivity (Wildman–Crippen MR) is 85.7 cm³/mol. The minimum Gasteiger partial charge on any atom is -0.493 e. The summed E-state index contributed by atoms with van der Waals surface area (Å²) in [5.74, 6) is 0.379. The van der Waals surface area contributed by atoms with Gasteiger partial charge in [0, 0.05) is 0 Å². The monoisotopic (exact) mass is 352 g/mol. The van der Waals surface area contributed by atoms with Gasteiger partial charge < -0.3 is 9.47 Å². The highest BCUT2D eigenvalue weighted by Gasteiger charge is 2.29. The summed E-state index contributed by atoms with van der Waals surface area (Å²) in [4.78, 5) is 11.7. The number of nitrogens with zero attached hydrogens (tertiary/aromatic N) is 1. The van der Waals surface area contributed by atoms with Crippen molar-refractivity contribution < 1.29 is 27.4 Å². The van der Waals surface area contributed by atoms with Crippen molar-refractivity contribution in [3.05, 3.63) is 59.7 Å². The van der Waals surface area contributed by atoms with E-state index < -0.39 is 17.6 Å². The Labute approximate surface area is 142 Å². The van der Waals surface area contributed by atoms with E-state index in [0.717, 1.165) is 12.1 Å². The minimum absolute atomic E-state index is 0.287. The first-order valence-electron chi connectivity index (χ1n) is 7.15. The second-order valence-electron chi connectivity index (χ2n) is 4.85. The van der Waals surface area contributed by atoms with Crippen molar-refractivity contribution in [1.29, 1.82) is 0 Å². The average Bonchev–Trinajstić information content (AvgIpc) is 2.60. The van der Waals surface area contributed by atoms with Gasteiger partial charge in [0.15, 0.2) is 18.1 Å². The molecule has 8 heteroatoms. The number of alkyl halides is 3.